The molecule has 4 aromatic heterocycles. The maximum Gasteiger partial charge on any atom is 0.228 e. The lowest BCUT2D eigenvalue weighted by Gasteiger charge is -2.08. The third kappa shape index (κ3) is 4.72. The van der Waals surface area contributed by atoms with Crippen molar-refractivity contribution in [3.05, 3.63) is 121 Å². The first-order valence-corrected chi connectivity index (χ1v) is 13.1. The van der Waals surface area contributed by atoms with Crippen LogP contribution in [0.15, 0.2) is 110 Å². The van der Waals surface area contributed by atoms with Crippen LogP contribution in [0.1, 0.15) is 5.56 Å². The molecule has 0 saturated carbocycles. The van der Waals surface area contributed by atoms with Gasteiger partial charge in [0, 0.05) is 39.9 Å². The van der Waals surface area contributed by atoms with Crippen molar-refractivity contribution in [1.82, 2.24) is 25.1 Å². The number of aromatic amines is 2. The molecule has 7 nitrogen and oxygen atoms in total. The fraction of sp³-hybridized carbons (Fsp3) is 0.0303. The summed E-state index contributed by atoms with van der Waals surface area (Å²) in [6, 6.07) is 26.2. The topological polar surface area (TPSA) is 99.3 Å². The molecule has 0 unspecified atom stereocenters. The zero-order valence-electron chi connectivity index (χ0n) is 21.7. The van der Waals surface area contributed by atoms with Gasteiger partial charge in [0.15, 0.2) is 0 Å². The van der Waals surface area contributed by atoms with Gasteiger partial charge in [-0.25, -0.2) is 4.39 Å². The quantitative estimate of drug-likeness (QED) is 0.209. The molecule has 4 heterocycles. The second kappa shape index (κ2) is 10.2. The summed E-state index contributed by atoms with van der Waals surface area (Å²) in [4.78, 5) is 24.7. The van der Waals surface area contributed by atoms with Crippen molar-refractivity contribution >= 4 is 33.4 Å². The van der Waals surface area contributed by atoms with Gasteiger partial charge in [-0.05, 0) is 41.5 Å². The molecule has 3 aromatic carbocycles. The number of carbonyl (C=O) groups is 1. The molecule has 7 aromatic rings. The van der Waals surface area contributed by atoms with E-state index in [-0.39, 0.29) is 18.1 Å². The normalized spacial score (nSPS) is 11.2. The van der Waals surface area contributed by atoms with Crippen molar-refractivity contribution in [2.75, 3.05) is 5.32 Å². The molecule has 0 fully saturated rings. The predicted octanol–water partition coefficient (Wildman–Crippen LogP) is 7.16. The van der Waals surface area contributed by atoms with E-state index in [1.54, 1.807) is 36.9 Å². The van der Waals surface area contributed by atoms with E-state index in [4.69, 9.17) is 0 Å². The highest BCUT2D eigenvalue weighted by Crippen LogP contribution is 2.35. The number of halogens is 1. The molecular weight excluding hydrogens is 515 g/mol. The minimum Gasteiger partial charge on any atom is -0.352 e. The monoisotopic (exact) mass is 538 g/mol. The number of carbonyl (C=O) groups excluding carboxylic acids is 1. The van der Waals surface area contributed by atoms with Gasteiger partial charge in [-0.1, -0.05) is 54.6 Å². The summed E-state index contributed by atoms with van der Waals surface area (Å²) in [6.45, 7) is 0. The lowest BCUT2D eigenvalue weighted by Crippen LogP contribution is -2.14. The first-order valence-electron chi connectivity index (χ1n) is 13.1. The molecule has 41 heavy (non-hydrogen) atoms. The molecule has 198 valence electrons. The van der Waals surface area contributed by atoms with E-state index in [9.17, 15) is 9.18 Å². The number of rotatable bonds is 6. The van der Waals surface area contributed by atoms with Crippen LogP contribution in [-0.2, 0) is 11.2 Å². The Morgan fingerprint density at radius 1 is 0.756 bits per heavy atom. The Morgan fingerprint density at radius 2 is 1.59 bits per heavy atom. The molecule has 3 N–H and O–H groups in total. The van der Waals surface area contributed by atoms with Crippen LogP contribution in [0.2, 0.25) is 0 Å². The number of nitrogens with zero attached hydrogens (tertiary/aromatic N) is 3. The van der Waals surface area contributed by atoms with Gasteiger partial charge in [-0.2, -0.15) is 5.10 Å². The van der Waals surface area contributed by atoms with E-state index in [1.807, 2.05) is 66.7 Å². The lowest BCUT2D eigenvalue weighted by atomic mass is 10.0. The minimum absolute atomic E-state index is 0.106. The number of benzene rings is 3. The molecule has 0 spiro atoms. The fourth-order valence-corrected chi connectivity index (χ4v) is 5.12. The molecule has 0 radical (unpaired) electrons. The number of hydrogen-bond acceptors (Lipinski definition) is 4. The number of amides is 1. The fourth-order valence-electron chi connectivity index (χ4n) is 5.12. The molecule has 0 saturated heterocycles. The van der Waals surface area contributed by atoms with Crippen LogP contribution in [0.5, 0.6) is 0 Å². The standard InChI is InChI=1S/C33H23FN6O/c34-28-9-5-4-8-24(28)27-18-36-19-31-25(27)15-30(38-31)33-26-14-21(10-11-29(26)39-40-33)22-13-23(17-35-16-22)37-32(41)12-20-6-2-1-3-7-20/h1-11,13-19,38H,12H2,(H,37,41)(H,39,40). The van der Waals surface area contributed by atoms with E-state index in [2.05, 4.69) is 30.5 Å². The second-order valence-electron chi connectivity index (χ2n) is 9.82. The molecule has 1 amide bonds. The van der Waals surface area contributed by atoms with Gasteiger partial charge in [0.25, 0.3) is 0 Å². The maximum absolute atomic E-state index is 14.6. The van der Waals surface area contributed by atoms with Crippen molar-refractivity contribution in [2.45, 2.75) is 6.42 Å². The predicted molar refractivity (Wildman–Crippen MR) is 159 cm³/mol. The number of nitrogens with one attached hydrogen (secondary N) is 3. The van der Waals surface area contributed by atoms with Crippen molar-refractivity contribution in [1.29, 1.82) is 0 Å². The van der Waals surface area contributed by atoms with Crippen LogP contribution >= 0.6 is 0 Å². The SMILES string of the molecule is O=C(Cc1ccccc1)Nc1cncc(-c2ccc3[nH]nc(-c4cc5c(-c6ccccc6F)cncc5[nH]4)c3c2)c1. The second-order valence-corrected chi connectivity index (χ2v) is 9.82. The average molecular weight is 539 g/mol. The largest absolute Gasteiger partial charge is 0.352 e. The third-order valence-electron chi connectivity index (χ3n) is 7.09. The molecule has 0 aliphatic rings. The molecular formula is C33H23FN6O. The molecule has 0 aliphatic heterocycles. The van der Waals surface area contributed by atoms with E-state index < -0.39 is 0 Å². The Balaban J connectivity index is 1.22. The molecule has 0 aliphatic carbocycles. The van der Waals surface area contributed by atoms with E-state index in [0.29, 0.717) is 16.8 Å². The smallest absolute Gasteiger partial charge is 0.228 e. The van der Waals surface area contributed by atoms with Crippen LogP contribution in [0, 0.1) is 5.82 Å². The molecule has 8 heteroatoms. The average Bonchev–Trinajstić information content (AvgIpc) is 3.62. The highest BCUT2D eigenvalue weighted by molar-refractivity contribution is 6.01. The highest BCUT2D eigenvalue weighted by atomic mass is 19.1. The van der Waals surface area contributed by atoms with Gasteiger partial charge in [-0.15, -0.1) is 0 Å². The molecule has 0 bridgehead atoms. The van der Waals surface area contributed by atoms with Gasteiger partial charge in [0.05, 0.1) is 41.2 Å². The van der Waals surface area contributed by atoms with Gasteiger partial charge in [0.1, 0.15) is 11.5 Å². The highest BCUT2D eigenvalue weighted by Gasteiger charge is 2.16. The summed E-state index contributed by atoms with van der Waals surface area (Å²) in [6.07, 6.45) is 7.10. The van der Waals surface area contributed by atoms with Crippen molar-refractivity contribution in [3.63, 3.8) is 0 Å². The van der Waals surface area contributed by atoms with E-state index in [0.717, 1.165) is 49.9 Å². The van der Waals surface area contributed by atoms with Gasteiger partial charge in [0.2, 0.25) is 5.91 Å². The number of H-pyrrole nitrogens is 2. The zero-order valence-corrected chi connectivity index (χ0v) is 21.7. The number of hydrogen-bond donors (Lipinski definition) is 3. The molecule has 0 atom stereocenters. The van der Waals surface area contributed by atoms with E-state index >= 15 is 0 Å². The third-order valence-corrected chi connectivity index (χ3v) is 7.09. The Labute approximate surface area is 234 Å². The number of anilines is 1. The Morgan fingerprint density at radius 3 is 2.46 bits per heavy atom. The van der Waals surface area contributed by atoms with Crippen molar-refractivity contribution < 1.29 is 9.18 Å². The molecule has 7 rings (SSSR count). The Bertz CT molecular complexity index is 2050. The Kier molecular flexibility index (Phi) is 6.05. The van der Waals surface area contributed by atoms with Crippen molar-refractivity contribution in [2.24, 2.45) is 0 Å². The van der Waals surface area contributed by atoms with Crippen LogP contribution in [-0.4, -0.2) is 31.1 Å². The first-order chi connectivity index (χ1) is 20.1. The van der Waals surface area contributed by atoms with Crippen LogP contribution in [0.25, 0.3) is 55.4 Å². The summed E-state index contributed by atoms with van der Waals surface area (Å²) in [5.74, 6) is -0.405. The van der Waals surface area contributed by atoms with Crippen molar-refractivity contribution in [3.8, 4) is 33.6 Å². The summed E-state index contributed by atoms with van der Waals surface area (Å²) < 4.78 is 14.6. The number of aromatic nitrogens is 5. The maximum atomic E-state index is 14.6. The summed E-state index contributed by atoms with van der Waals surface area (Å²) in [5, 5.41) is 12.4. The van der Waals surface area contributed by atoms with Crippen LogP contribution < -0.4 is 5.32 Å². The summed E-state index contributed by atoms with van der Waals surface area (Å²) in [7, 11) is 0. The summed E-state index contributed by atoms with van der Waals surface area (Å²) >= 11 is 0. The summed E-state index contributed by atoms with van der Waals surface area (Å²) in [5.41, 5.74) is 7.74. The minimum atomic E-state index is -0.300. The lowest BCUT2D eigenvalue weighted by molar-refractivity contribution is -0.115. The van der Waals surface area contributed by atoms with Crippen LogP contribution in [0.3, 0.4) is 0 Å². The Hall–Kier alpha value is -5.63. The number of pyridine rings is 2. The van der Waals surface area contributed by atoms with Gasteiger partial charge >= 0.3 is 0 Å². The van der Waals surface area contributed by atoms with E-state index in [1.165, 1.54) is 6.07 Å². The van der Waals surface area contributed by atoms with Gasteiger partial charge < -0.3 is 10.3 Å². The number of fused-ring (bicyclic) bond motifs is 2. The van der Waals surface area contributed by atoms with Crippen LogP contribution in [0.4, 0.5) is 10.1 Å². The first kappa shape index (κ1) is 24.4. The zero-order chi connectivity index (χ0) is 27.8. The van der Waals surface area contributed by atoms with Gasteiger partial charge in [-0.3, -0.25) is 19.9 Å².